The fraction of sp³-hybridized carbons (Fsp3) is 0.174. The van der Waals surface area contributed by atoms with Gasteiger partial charge in [0.1, 0.15) is 11.8 Å². The molecule has 0 aliphatic rings. The number of hydrogen-bond donors (Lipinski definition) is 4. The molecule has 0 saturated heterocycles. The second kappa shape index (κ2) is 8.95. The van der Waals surface area contributed by atoms with Crippen LogP contribution in [0.5, 0.6) is 0 Å². The summed E-state index contributed by atoms with van der Waals surface area (Å²) < 4.78 is 5.44. The number of rotatable bonds is 7. The van der Waals surface area contributed by atoms with Crippen molar-refractivity contribution in [1.82, 2.24) is 15.5 Å². The molecule has 2 atom stereocenters. The van der Waals surface area contributed by atoms with Crippen LogP contribution in [-0.2, 0) is 6.42 Å². The number of carbonyl (C=O) groups is 1. The van der Waals surface area contributed by atoms with Gasteiger partial charge in [-0.2, -0.15) is 0 Å². The molecule has 0 radical (unpaired) electrons. The Morgan fingerprint density at radius 1 is 1.03 bits per heavy atom. The number of hydrogen-bond acceptors (Lipinski definition) is 6. The van der Waals surface area contributed by atoms with Crippen LogP contribution in [0.1, 0.15) is 29.1 Å². The molecule has 158 valence electrons. The molecule has 0 saturated carbocycles. The summed E-state index contributed by atoms with van der Waals surface area (Å²) in [5.74, 6) is 0. The predicted octanol–water partition coefficient (Wildman–Crippen LogP) is 3.47. The van der Waals surface area contributed by atoms with Crippen LogP contribution in [0, 0.1) is 0 Å². The SMILES string of the molecule is O=C(O)NC(Cc1cccc(C(O)CO)n1)c1ccccc1-c1noc2ccccc12. The van der Waals surface area contributed by atoms with Gasteiger partial charge in [0.25, 0.3) is 0 Å². The number of aliphatic hydroxyl groups is 2. The van der Waals surface area contributed by atoms with Crippen LogP contribution in [0.15, 0.2) is 71.3 Å². The summed E-state index contributed by atoms with van der Waals surface area (Å²) in [6, 6.07) is 19.3. The summed E-state index contributed by atoms with van der Waals surface area (Å²) in [5, 5.41) is 36.1. The van der Waals surface area contributed by atoms with Gasteiger partial charge in [0.15, 0.2) is 5.58 Å². The number of benzene rings is 2. The number of aromatic nitrogens is 2. The average molecular weight is 419 g/mol. The largest absolute Gasteiger partial charge is 0.465 e. The highest BCUT2D eigenvalue weighted by Crippen LogP contribution is 2.34. The van der Waals surface area contributed by atoms with Crippen LogP contribution in [0.3, 0.4) is 0 Å². The molecule has 2 heterocycles. The Morgan fingerprint density at radius 3 is 2.61 bits per heavy atom. The molecule has 4 aromatic rings. The quantitative estimate of drug-likeness (QED) is 0.361. The van der Waals surface area contributed by atoms with Crippen LogP contribution in [0.2, 0.25) is 0 Å². The maximum absolute atomic E-state index is 11.6. The maximum atomic E-state index is 11.6. The topological polar surface area (TPSA) is 129 Å². The molecule has 0 bridgehead atoms. The molecule has 2 unspecified atom stereocenters. The highest BCUT2D eigenvalue weighted by Gasteiger charge is 2.22. The fourth-order valence-corrected chi connectivity index (χ4v) is 3.58. The third kappa shape index (κ3) is 4.40. The van der Waals surface area contributed by atoms with Crippen LogP contribution in [0.4, 0.5) is 4.79 Å². The zero-order valence-corrected chi connectivity index (χ0v) is 16.5. The molecule has 8 heteroatoms. The molecule has 0 aliphatic heterocycles. The lowest BCUT2D eigenvalue weighted by molar-refractivity contribution is 0.0921. The standard InChI is InChI=1S/C23H21N3O5/c27-13-20(28)18-10-5-6-14(24-18)12-19(25-23(29)30)15-7-1-2-8-16(15)22-17-9-3-4-11-21(17)31-26-22/h1-11,19-20,25,27-28H,12-13H2,(H,29,30). The average Bonchev–Trinajstić information content (AvgIpc) is 3.22. The summed E-state index contributed by atoms with van der Waals surface area (Å²) in [5.41, 5.74) is 3.63. The smallest absolute Gasteiger partial charge is 0.405 e. The van der Waals surface area contributed by atoms with Crippen LogP contribution in [0.25, 0.3) is 22.2 Å². The molecule has 0 spiro atoms. The summed E-state index contributed by atoms with van der Waals surface area (Å²) in [4.78, 5) is 15.9. The van der Waals surface area contributed by atoms with E-state index in [2.05, 4.69) is 15.5 Å². The van der Waals surface area contributed by atoms with Gasteiger partial charge in [0.2, 0.25) is 0 Å². The van der Waals surface area contributed by atoms with Crippen molar-refractivity contribution in [3.8, 4) is 11.3 Å². The van der Waals surface area contributed by atoms with Crippen molar-refractivity contribution in [1.29, 1.82) is 0 Å². The Bertz CT molecular complexity index is 1210. The second-order valence-electron chi connectivity index (χ2n) is 7.07. The monoisotopic (exact) mass is 419 g/mol. The first-order valence-corrected chi connectivity index (χ1v) is 9.74. The van der Waals surface area contributed by atoms with E-state index in [9.17, 15) is 20.1 Å². The van der Waals surface area contributed by atoms with Crippen molar-refractivity contribution in [3.05, 3.63) is 83.7 Å². The zero-order chi connectivity index (χ0) is 21.8. The minimum atomic E-state index is -1.17. The minimum Gasteiger partial charge on any atom is -0.465 e. The number of pyridine rings is 1. The summed E-state index contributed by atoms with van der Waals surface area (Å²) in [6.45, 7) is -0.449. The molecular weight excluding hydrogens is 398 g/mol. The molecular formula is C23H21N3O5. The maximum Gasteiger partial charge on any atom is 0.405 e. The molecule has 0 aliphatic carbocycles. The lowest BCUT2D eigenvalue weighted by atomic mass is 9.93. The fourth-order valence-electron chi connectivity index (χ4n) is 3.58. The van der Waals surface area contributed by atoms with E-state index in [1.807, 2.05) is 48.5 Å². The third-order valence-corrected chi connectivity index (χ3v) is 5.02. The number of fused-ring (bicyclic) bond motifs is 1. The van der Waals surface area contributed by atoms with E-state index in [1.54, 1.807) is 18.2 Å². The highest BCUT2D eigenvalue weighted by molar-refractivity contribution is 5.92. The Morgan fingerprint density at radius 2 is 1.81 bits per heavy atom. The third-order valence-electron chi connectivity index (χ3n) is 5.02. The van der Waals surface area contributed by atoms with Gasteiger partial charge in [0.05, 0.1) is 18.3 Å². The number of nitrogens with one attached hydrogen (secondary N) is 1. The first kappa shape index (κ1) is 20.5. The number of carboxylic acid groups (broad SMARTS) is 1. The molecule has 4 rings (SSSR count). The van der Waals surface area contributed by atoms with Gasteiger partial charge in [-0.3, -0.25) is 4.98 Å². The summed E-state index contributed by atoms with van der Waals surface area (Å²) >= 11 is 0. The van der Waals surface area contributed by atoms with E-state index < -0.39 is 24.8 Å². The number of nitrogens with zero attached hydrogens (tertiary/aromatic N) is 2. The van der Waals surface area contributed by atoms with E-state index >= 15 is 0 Å². The lowest BCUT2D eigenvalue weighted by Crippen LogP contribution is -2.29. The molecule has 8 nitrogen and oxygen atoms in total. The number of aliphatic hydroxyl groups excluding tert-OH is 2. The van der Waals surface area contributed by atoms with Crippen molar-refractivity contribution >= 4 is 17.1 Å². The van der Waals surface area contributed by atoms with Crippen LogP contribution in [-0.4, -0.2) is 38.2 Å². The van der Waals surface area contributed by atoms with E-state index in [-0.39, 0.29) is 6.42 Å². The van der Waals surface area contributed by atoms with Gasteiger partial charge >= 0.3 is 6.09 Å². The molecule has 0 fully saturated rings. The number of amides is 1. The normalized spacial score (nSPS) is 13.1. The Kier molecular flexibility index (Phi) is 5.92. The van der Waals surface area contributed by atoms with Crippen molar-refractivity contribution < 1.29 is 24.6 Å². The zero-order valence-electron chi connectivity index (χ0n) is 16.5. The molecule has 31 heavy (non-hydrogen) atoms. The Hall–Kier alpha value is -3.75. The van der Waals surface area contributed by atoms with Crippen molar-refractivity contribution in [2.75, 3.05) is 6.61 Å². The van der Waals surface area contributed by atoms with Crippen molar-refractivity contribution in [2.45, 2.75) is 18.6 Å². The highest BCUT2D eigenvalue weighted by atomic mass is 16.5. The summed E-state index contributed by atoms with van der Waals surface area (Å²) in [6.07, 6.45) is -2.03. The molecule has 1 amide bonds. The van der Waals surface area contributed by atoms with Crippen molar-refractivity contribution in [2.24, 2.45) is 0 Å². The van der Waals surface area contributed by atoms with Crippen LogP contribution >= 0.6 is 0 Å². The lowest BCUT2D eigenvalue weighted by Gasteiger charge is -2.20. The predicted molar refractivity (Wildman–Crippen MR) is 113 cm³/mol. The Balaban J connectivity index is 1.75. The van der Waals surface area contributed by atoms with E-state index in [0.717, 1.165) is 16.5 Å². The first-order valence-electron chi connectivity index (χ1n) is 9.74. The van der Waals surface area contributed by atoms with Crippen LogP contribution < -0.4 is 5.32 Å². The second-order valence-corrected chi connectivity index (χ2v) is 7.07. The Labute approximate surface area is 177 Å². The van der Waals surface area contributed by atoms with Gasteiger partial charge in [-0.25, -0.2) is 4.79 Å². The molecule has 2 aromatic heterocycles. The number of para-hydroxylation sites is 1. The van der Waals surface area contributed by atoms with Gasteiger partial charge in [0, 0.05) is 23.1 Å². The summed E-state index contributed by atoms with van der Waals surface area (Å²) in [7, 11) is 0. The molecule has 2 aromatic carbocycles. The van der Waals surface area contributed by atoms with Gasteiger partial charge in [-0.1, -0.05) is 47.6 Å². The molecule has 4 N–H and O–H groups in total. The van der Waals surface area contributed by atoms with Crippen molar-refractivity contribution in [3.63, 3.8) is 0 Å². The van der Waals surface area contributed by atoms with E-state index in [0.29, 0.717) is 22.7 Å². The minimum absolute atomic E-state index is 0.241. The first-order chi connectivity index (χ1) is 15.1. The van der Waals surface area contributed by atoms with E-state index in [4.69, 9.17) is 4.52 Å². The van der Waals surface area contributed by atoms with Gasteiger partial charge < -0.3 is 25.2 Å². The van der Waals surface area contributed by atoms with Gasteiger partial charge in [-0.05, 0) is 29.8 Å². The van der Waals surface area contributed by atoms with E-state index in [1.165, 1.54) is 0 Å². The van der Waals surface area contributed by atoms with Gasteiger partial charge in [-0.15, -0.1) is 0 Å².